The Kier molecular flexibility index (Phi) is 6.14. The molecule has 2 aromatic heterocycles. The highest BCUT2D eigenvalue weighted by molar-refractivity contribution is 7.99. The molecule has 0 spiro atoms. The quantitative estimate of drug-likeness (QED) is 0.652. The summed E-state index contributed by atoms with van der Waals surface area (Å²) in [5, 5.41) is 0. The number of carbonyl (C=O) groups is 2. The van der Waals surface area contributed by atoms with Crippen LogP contribution in [0.3, 0.4) is 0 Å². The molecule has 1 atom stereocenters. The summed E-state index contributed by atoms with van der Waals surface area (Å²) in [4.78, 5) is 38.7. The summed E-state index contributed by atoms with van der Waals surface area (Å²) >= 11 is 1.45. The molecule has 1 fully saturated rings. The lowest BCUT2D eigenvalue weighted by molar-refractivity contribution is -0.144. The SMILES string of the molecule is COC(=O)C1CSCN1C(=O)c1ncccc1Oc1nc(OC)cc(OC)n1. The highest BCUT2D eigenvalue weighted by atomic mass is 32.2. The molecule has 1 amide bonds. The third kappa shape index (κ3) is 4.09. The molecule has 3 heterocycles. The first kappa shape index (κ1) is 19.7. The van der Waals surface area contributed by atoms with Crippen molar-refractivity contribution in [2.24, 2.45) is 0 Å². The molecule has 1 unspecified atom stereocenters. The van der Waals surface area contributed by atoms with E-state index in [1.54, 1.807) is 12.1 Å². The van der Waals surface area contributed by atoms with E-state index >= 15 is 0 Å². The monoisotopic (exact) mass is 406 g/mol. The minimum atomic E-state index is -0.675. The largest absolute Gasteiger partial charge is 0.481 e. The molecule has 0 aliphatic carbocycles. The maximum Gasteiger partial charge on any atom is 0.329 e. The predicted octanol–water partition coefficient (Wildman–Crippen LogP) is 1.37. The van der Waals surface area contributed by atoms with Gasteiger partial charge in [-0.2, -0.15) is 9.97 Å². The summed E-state index contributed by atoms with van der Waals surface area (Å²) < 4.78 is 20.6. The summed E-state index contributed by atoms with van der Waals surface area (Å²) in [6.07, 6.45) is 1.46. The Bertz CT molecular complexity index is 858. The summed E-state index contributed by atoms with van der Waals surface area (Å²) in [5.41, 5.74) is 0.0317. The lowest BCUT2D eigenvalue weighted by Crippen LogP contribution is -2.42. The fourth-order valence-electron chi connectivity index (χ4n) is 2.48. The standard InChI is InChI=1S/C17H18N4O6S/c1-24-12-7-13(25-2)20-17(19-12)27-11-5-4-6-18-14(11)15(22)21-9-28-8-10(21)16(23)26-3/h4-7,10H,8-9H2,1-3H3. The second-order valence-electron chi connectivity index (χ2n) is 5.50. The third-order valence-electron chi connectivity index (χ3n) is 3.87. The van der Waals surface area contributed by atoms with Gasteiger partial charge in [0.15, 0.2) is 11.4 Å². The van der Waals surface area contributed by atoms with E-state index in [1.807, 2.05) is 0 Å². The zero-order valence-electron chi connectivity index (χ0n) is 15.4. The number of methoxy groups -OCH3 is 3. The molecule has 148 valence electrons. The van der Waals surface area contributed by atoms with E-state index in [-0.39, 0.29) is 29.2 Å². The maximum absolute atomic E-state index is 13.0. The van der Waals surface area contributed by atoms with E-state index in [0.717, 1.165) is 0 Å². The van der Waals surface area contributed by atoms with Crippen molar-refractivity contribution in [1.82, 2.24) is 19.9 Å². The summed E-state index contributed by atoms with van der Waals surface area (Å²) in [6.45, 7) is 0. The Balaban J connectivity index is 1.89. The third-order valence-corrected chi connectivity index (χ3v) is 4.88. The molecular weight excluding hydrogens is 388 g/mol. The first-order chi connectivity index (χ1) is 13.6. The van der Waals surface area contributed by atoms with Crippen molar-refractivity contribution in [2.45, 2.75) is 6.04 Å². The highest BCUT2D eigenvalue weighted by Gasteiger charge is 2.37. The Morgan fingerprint density at radius 2 is 1.89 bits per heavy atom. The number of ether oxygens (including phenoxy) is 4. The summed E-state index contributed by atoms with van der Waals surface area (Å²) in [7, 11) is 4.18. The van der Waals surface area contributed by atoms with Crippen molar-refractivity contribution in [3.05, 3.63) is 30.1 Å². The van der Waals surface area contributed by atoms with Crippen LogP contribution in [0.4, 0.5) is 0 Å². The summed E-state index contributed by atoms with van der Waals surface area (Å²) in [5.74, 6) is 0.489. The number of hydrogen-bond acceptors (Lipinski definition) is 10. The van der Waals surface area contributed by atoms with Crippen LogP contribution in [0.15, 0.2) is 24.4 Å². The lowest BCUT2D eigenvalue weighted by Gasteiger charge is -2.22. The second kappa shape index (κ2) is 8.74. The number of esters is 1. The van der Waals surface area contributed by atoms with Crippen molar-refractivity contribution < 1.29 is 28.5 Å². The number of pyridine rings is 1. The van der Waals surface area contributed by atoms with Gasteiger partial charge in [-0.25, -0.2) is 9.78 Å². The van der Waals surface area contributed by atoms with Crippen molar-refractivity contribution in [2.75, 3.05) is 33.0 Å². The van der Waals surface area contributed by atoms with Crippen LogP contribution in [-0.2, 0) is 9.53 Å². The van der Waals surface area contributed by atoms with E-state index in [2.05, 4.69) is 15.0 Å². The molecule has 3 rings (SSSR count). The highest BCUT2D eigenvalue weighted by Crippen LogP contribution is 2.29. The van der Waals surface area contributed by atoms with Crippen LogP contribution >= 0.6 is 11.8 Å². The van der Waals surface area contributed by atoms with Crippen molar-refractivity contribution >= 4 is 23.6 Å². The fourth-order valence-corrected chi connectivity index (χ4v) is 3.62. The molecule has 28 heavy (non-hydrogen) atoms. The number of amides is 1. The van der Waals surface area contributed by atoms with Gasteiger partial charge in [0, 0.05) is 11.9 Å². The Morgan fingerprint density at radius 1 is 1.18 bits per heavy atom. The molecule has 1 aliphatic heterocycles. The number of thioether (sulfide) groups is 1. The van der Waals surface area contributed by atoms with Gasteiger partial charge in [0.05, 0.1) is 33.3 Å². The van der Waals surface area contributed by atoms with Gasteiger partial charge in [-0.1, -0.05) is 0 Å². The van der Waals surface area contributed by atoms with Crippen LogP contribution in [0.5, 0.6) is 23.5 Å². The van der Waals surface area contributed by atoms with E-state index in [1.165, 1.54) is 50.3 Å². The number of nitrogens with zero attached hydrogens (tertiary/aromatic N) is 4. The van der Waals surface area contributed by atoms with Gasteiger partial charge in [0.25, 0.3) is 5.91 Å². The van der Waals surface area contributed by atoms with Crippen LogP contribution in [0.25, 0.3) is 0 Å². The van der Waals surface area contributed by atoms with Gasteiger partial charge < -0.3 is 23.8 Å². The van der Waals surface area contributed by atoms with Crippen molar-refractivity contribution in [3.8, 4) is 23.5 Å². The van der Waals surface area contributed by atoms with Crippen molar-refractivity contribution in [1.29, 1.82) is 0 Å². The van der Waals surface area contributed by atoms with Gasteiger partial charge in [0.2, 0.25) is 11.8 Å². The Morgan fingerprint density at radius 3 is 2.54 bits per heavy atom. The number of carbonyl (C=O) groups excluding carboxylic acids is 2. The molecule has 0 bridgehead atoms. The Labute approximate surface area is 165 Å². The number of hydrogen-bond donors (Lipinski definition) is 0. The van der Waals surface area contributed by atoms with Crippen LogP contribution < -0.4 is 14.2 Å². The lowest BCUT2D eigenvalue weighted by atomic mass is 10.2. The molecule has 11 heteroatoms. The minimum absolute atomic E-state index is 0.0317. The van der Waals surface area contributed by atoms with Crippen LogP contribution in [-0.4, -0.2) is 70.7 Å². The number of rotatable bonds is 6. The van der Waals surface area contributed by atoms with E-state index in [0.29, 0.717) is 11.6 Å². The van der Waals surface area contributed by atoms with Crippen molar-refractivity contribution in [3.63, 3.8) is 0 Å². The zero-order valence-corrected chi connectivity index (χ0v) is 16.3. The molecule has 1 aliphatic rings. The molecule has 1 saturated heterocycles. The van der Waals surface area contributed by atoms with Gasteiger partial charge in [-0.05, 0) is 12.1 Å². The normalized spacial score (nSPS) is 15.8. The van der Waals surface area contributed by atoms with Crippen LogP contribution in [0.2, 0.25) is 0 Å². The average molecular weight is 406 g/mol. The Hall–Kier alpha value is -3.08. The van der Waals surface area contributed by atoms with Gasteiger partial charge in [-0.3, -0.25) is 4.79 Å². The summed E-state index contributed by atoms with van der Waals surface area (Å²) in [6, 6.07) is 3.92. The molecule has 0 radical (unpaired) electrons. The molecule has 0 N–H and O–H groups in total. The fraction of sp³-hybridized carbons (Fsp3) is 0.353. The minimum Gasteiger partial charge on any atom is -0.481 e. The topological polar surface area (TPSA) is 113 Å². The smallest absolute Gasteiger partial charge is 0.329 e. The molecule has 0 aromatic carbocycles. The molecular formula is C17H18N4O6S. The molecule has 0 saturated carbocycles. The molecule has 2 aromatic rings. The zero-order chi connectivity index (χ0) is 20.1. The first-order valence-corrected chi connectivity index (χ1v) is 9.29. The van der Waals surface area contributed by atoms with E-state index in [9.17, 15) is 9.59 Å². The van der Waals surface area contributed by atoms with Crippen LogP contribution in [0, 0.1) is 0 Å². The average Bonchev–Trinajstić information content (AvgIpc) is 3.22. The molecule has 10 nitrogen and oxygen atoms in total. The predicted molar refractivity (Wildman–Crippen MR) is 98.7 cm³/mol. The van der Waals surface area contributed by atoms with E-state index in [4.69, 9.17) is 18.9 Å². The second-order valence-corrected chi connectivity index (χ2v) is 6.50. The van der Waals surface area contributed by atoms with Gasteiger partial charge >= 0.3 is 12.0 Å². The first-order valence-electron chi connectivity index (χ1n) is 8.13. The van der Waals surface area contributed by atoms with Crippen LogP contribution in [0.1, 0.15) is 10.5 Å². The van der Waals surface area contributed by atoms with Gasteiger partial charge in [0.1, 0.15) is 6.04 Å². The number of aromatic nitrogens is 3. The van der Waals surface area contributed by atoms with Gasteiger partial charge in [-0.15, -0.1) is 11.8 Å². The van der Waals surface area contributed by atoms with E-state index < -0.39 is 17.9 Å². The maximum atomic E-state index is 13.0.